The lowest BCUT2D eigenvalue weighted by molar-refractivity contribution is 0.0695. The van der Waals surface area contributed by atoms with E-state index in [0.717, 1.165) is 12.8 Å². The highest BCUT2D eigenvalue weighted by Gasteiger charge is 2.35. The van der Waals surface area contributed by atoms with Crippen LogP contribution in [0.25, 0.3) is 11.3 Å². The molecular formula is C14H13NO4. The molecule has 5 heteroatoms. The molecule has 0 atom stereocenters. The van der Waals surface area contributed by atoms with E-state index in [-0.39, 0.29) is 11.5 Å². The van der Waals surface area contributed by atoms with Gasteiger partial charge in [-0.1, -0.05) is 17.3 Å². The Labute approximate surface area is 109 Å². The number of ether oxygens (including phenoxy) is 1. The van der Waals surface area contributed by atoms with Gasteiger partial charge in [0.05, 0.1) is 7.11 Å². The number of methoxy groups -OCH3 is 1. The van der Waals surface area contributed by atoms with E-state index in [4.69, 9.17) is 9.26 Å². The summed E-state index contributed by atoms with van der Waals surface area (Å²) in [7, 11) is 1.54. The Kier molecular flexibility index (Phi) is 2.74. The van der Waals surface area contributed by atoms with Crippen molar-refractivity contribution in [3.63, 3.8) is 0 Å². The summed E-state index contributed by atoms with van der Waals surface area (Å²) < 4.78 is 10.5. The Morgan fingerprint density at radius 3 is 2.79 bits per heavy atom. The molecule has 3 rings (SSSR count). The third-order valence-corrected chi connectivity index (χ3v) is 3.24. The first-order chi connectivity index (χ1) is 9.22. The molecule has 0 bridgehead atoms. The molecule has 2 aromatic rings. The maximum absolute atomic E-state index is 11.5. The summed E-state index contributed by atoms with van der Waals surface area (Å²) in [6, 6.07) is 7.19. The molecule has 1 aliphatic carbocycles. The van der Waals surface area contributed by atoms with Crippen molar-refractivity contribution < 1.29 is 19.2 Å². The molecule has 5 nitrogen and oxygen atoms in total. The van der Waals surface area contributed by atoms with E-state index < -0.39 is 5.97 Å². The molecule has 98 valence electrons. The number of carbonyl (C=O) groups is 1. The first-order valence-corrected chi connectivity index (χ1v) is 6.08. The Bertz CT molecular complexity index is 628. The highest BCUT2D eigenvalue weighted by Crippen LogP contribution is 2.44. The first-order valence-electron chi connectivity index (χ1n) is 6.08. The lowest BCUT2D eigenvalue weighted by Crippen LogP contribution is -2.01. The van der Waals surface area contributed by atoms with Crippen LogP contribution in [0.15, 0.2) is 28.8 Å². The van der Waals surface area contributed by atoms with E-state index in [1.54, 1.807) is 19.2 Å². The van der Waals surface area contributed by atoms with E-state index in [2.05, 4.69) is 5.16 Å². The molecule has 19 heavy (non-hydrogen) atoms. The zero-order valence-corrected chi connectivity index (χ0v) is 10.4. The smallest absolute Gasteiger partial charge is 0.341 e. The molecule has 0 spiro atoms. The van der Waals surface area contributed by atoms with Crippen LogP contribution in [0.5, 0.6) is 5.75 Å². The fourth-order valence-corrected chi connectivity index (χ4v) is 2.16. The van der Waals surface area contributed by atoms with E-state index in [1.165, 1.54) is 0 Å². The summed E-state index contributed by atoms with van der Waals surface area (Å²) in [5.74, 6) is 0.250. The molecule has 1 heterocycles. The van der Waals surface area contributed by atoms with Gasteiger partial charge in [-0.3, -0.25) is 0 Å². The Morgan fingerprint density at radius 2 is 2.16 bits per heavy atom. The molecule has 0 radical (unpaired) electrons. The normalized spacial score (nSPS) is 14.4. The monoisotopic (exact) mass is 259 g/mol. The number of benzene rings is 1. The van der Waals surface area contributed by atoms with Gasteiger partial charge >= 0.3 is 5.97 Å². The second-order valence-electron chi connectivity index (χ2n) is 4.55. The van der Waals surface area contributed by atoms with Crippen LogP contribution in [-0.2, 0) is 0 Å². The number of nitrogens with zero attached hydrogens (tertiary/aromatic N) is 1. The van der Waals surface area contributed by atoms with Crippen molar-refractivity contribution in [3.8, 4) is 17.0 Å². The second-order valence-corrected chi connectivity index (χ2v) is 4.55. The van der Waals surface area contributed by atoms with Crippen LogP contribution in [-0.4, -0.2) is 23.3 Å². The lowest BCUT2D eigenvalue weighted by atomic mass is 10.0. The molecular weight excluding hydrogens is 246 g/mol. The number of carboxylic acid groups (broad SMARTS) is 1. The third-order valence-electron chi connectivity index (χ3n) is 3.24. The van der Waals surface area contributed by atoms with Crippen molar-refractivity contribution in [3.05, 3.63) is 35.6 Å². The van der Waals surface area contributed by atoms with E-state index >= 15 is 0 Å². The minimum absolute atomic E-state index is 0.159. The van der Waals surface area contributed by atoms with Crippen molar-refractivity contribution in [1.82, 2.24) is 5.16 Å². The van der Waals surface area contributed by atoms with Gasteiger partial charge in [-0.05, 0) is 25.0 Å². The van der Waals surface area contributed by atoms with Gasteiger partial charge < -0.3 is 14.4 Å². The maximum Gasteiger partial charge on any atom is 0.341 e. The van der Waals surface area contributed by atoms with Crippen molar-refractivity contribution in [2.75, 3.05) is 7.11 Å². The molecule has 0 saturated heterocycles. The van der Waals surface area contributed by atoms with Gasteiger partial charge in [0.15, 0.2) is 5.76 Å². The Balaban J connectivity index is 2.17. The minimum atomic E-state index is -1.01. The number of hydrogen-bond acceptors (Lipinski definition) is 4. The van der Waals surface area contributed by atoms with E-state index in [9.17, 15) is 9.90 Å². The Morgan fingerprint density at radius 1 is 1.42 bits per heavy atom. The standard InChI is InChI=1S/C14H13NO4/c1-18-10-5-3-2-4-9(10)12-11(14(16)17)13(19-15-12)8-6-7-8/h2-5,8H,6-7H2,1H3,(H,16,17). The number of hydrogen-bond donors (Lipinski definition) is 1. The SMILES string of the molecule is COc1ccccc1-c1noc(C2CC2)c1C(=O)O. The molecule has 1 aromatic heterocycles. The number of para-hydroxylation sites is 1. The predicted octanol–water partition coefficient (Wildman–Crippen LogP) is 2.93. The van der Waals surface area contributed by atoms with Gasteiger partial charge in [-0.15, -0.1) is 0 Å². The molecule has 1 saturated carbocycles. The summed E-state index contributed by atoms with van der Waals surface area (Å²) in [5, 5.41) is 13.3. The summed E-state index contributed by atoms with van der Waals surface area (Å²) in [4.78, 5) is 11.5. The maximum atomic E-state index is 11.5. The molecule has 1 fully saturated rings. The van der Waals surface area contributed by atoms with Crippen LogP contribution in [0.4, 0.5) is 0 Å². The zero-order chi connectivity index (χ0) is 13.4. The number of aromatic carboxylic acids is 1. The average Bonchev–Trinajstić information content (AvgIpc) is 3.17. The van der Waals surface area contributed by atoms with Crippen LogP contribution >= 0.6 is 0 Å². The van der Waals surface area contributed by atoms with Crippen LogP contribution in [0.3, 0.4) is 0 Å². The van der Waals surface area contributed by atoms with E-state index in [0.29, 0.717) is 22.8 Å². The van der Waals surface area contributed by atoms with Gasteiger partial charge in [0.1, 0.15) is 17.0 Å². The largest absolute Gasteiger partial charge is 0.496 e. The topological polar surface area (TPSA) is 72.6 Å². The number of rotatable bonds is 4. The van der Waals surface area contributed by atoms with Crippen LogP contribution in [0, 0.1) is 0 Å². The molecule has 1 N–H and O–H groups in total. The fourth-order valence-electron chi connectivity index (χ4n) is 2.16. The van der Waals surface area contributed by atoms with Gasteiger partial charge in [-0.25, -0.2) is 4.79 Å². The molecule has 0 aliphatic heterocycles. The van der Waals surface area contributed by atoms with Gasteiger partial charge in [0.2, 0.25) is 0 Å². The highest BCUT2D eigenvalue weighted by molar-refractivity contribution is 5.96. The first kappa shape index (κ1) is 11.8. The third kappa shape index (κ3) is 1.97. The predicted molar refractivity (Wildman–Crippen MR) is 67.4 cm³/mol. The molecule has 0 amide bonds. The number of aromatic nitrogens is 1. The van der Waals surface area contributed by atoms with Gasteiger partial charge in [0, 0.05) is 11.5 Å². The summed E-state index contributed by atoms with van der Waals surface area (Å²) in [6.45, 7) is 0. The summed E-state index contributed by atoms with van der Waals surface area (Å²) in [5.41, 5.74) is 1.14. The molecule has 1 aromatic carbocycles. The van der Waals surface area contributed by atoms with Gasteiger partial charge in [-0.2, -0.15) is 0 Å². The lowest BCUT2D eigenvalue weighted by Gasteiger charge is -2.05. The van der Waals surface area contributed by atoms with Crippen LogP contribution in [0.2, 0.25) is 0 Å². The zero-order valence-electron chi connectivity index (χ0n) is 10.4. The fraction of sp³-hybridized carbons (Fsp3) is 0.286. The second kappa shape index (κ2) is 4.42. The van der Waals surface area contributed by atoms with Crippen molar-refractivity contribution in [2.45, 2.75) is 18.8 Å². The van der Waals surface area contributed by atoms with E-state index in [1.807, 2.05) is 12.1 Å². The van der Waals surface area contributed by atoms with Gasteiger partial charge in [0.25, 0.3) is 0 Å². The number of carboxylic acids is 1. The van der Waals surface area contributed by atoms with Crippen LogP contribution < -0.4 is 4.74 Å². The minimum Gasteiger partial charge on any atom is -0.496 e. The summed E-state index contributed by atoms with van der Waals surface area (Å²) in [6.07, 6.45) is 1.92. The Hall–Kier alpha value is -2.30. The molecule has 1 aliphatic rings. The van der Waals surface area contributed by atoms with Crippen molar-refractivity contribution in [1.29, 1.82) is 0 Å². The molecule has 0 unspecified atom stereocenters. The highest BCUT2D eigenvalue weighted by atomic mass is 16.5. The van der Waals surface area contributed by atoms with Crippen molar-refractivity contribution in [2.24, 2.45) is 0 Å². The quantitative estimate of drug-likeness (QED) is 0.913. The van der Waals surface area contributed by atoms with Crippen LogP contribution in [0.1, 0.15) is 34.9 Å². The summed E-state index contributed by atoms with van der Waals surface area (Å²) >= 11 is 0. The average molecular weight is 259 g/mol. The van der Waals surface area contributed by atoms with Crippen molar-refractivity contribution >= 4 is 5.97 Å².